The SMILES string of the molecule is CCn1c(CN(C=O)c2nc3c(C)n[nH]c3nc2N)[n+](CC)c2ccc(OC)cc21. The van der Waals surface area contributed by atoms with Crippen molar-refractivity contribution >= 4 is 40.2 Å². The molecule has 10 nitrogen and oxygen atoms in total. The van der Waals surface area contributed by atoms with Crippen molar-refractivity contribution in [3.8, 4) is 5.75 Å². The minimum absolute atomic E-state index is 0.169. The number of aryl methyl sites for hydroxylation is 3. The molecule has 0 unspecified atom stereocenters. The van der Waals surface area contributed by atoms with Crippen molar-refractivity contribution in [1.82, 2.24) is 24.7 Å². The number of rotatable bonds is 7. The van der Waals surface area contributed by atoms with Crippen LogP contribution in [0.25, 0.3) is 22.2 Å². The maximum absolute atomic E-state index is 12.1. The molecular formula is C20H25N8O2+. The number of amides is 1. The highest BCUT2D eigenvalue weighted by molar-refractivity contribution is 5.84. The molecule has 0 aliphatic rings. The molecule has 0 aliphatic heterocycles. The second-order valence-electron chi connectivity index (χ2n) is 6.93. The zero-order valence-corrected chi connectivity index (χ0v) is 17.5. The number of carbonyl (C=O) groups excluding carboxylic acids is 1. The first-order valence-corrected chi connectivity index (χ1v) is 9.81. The number of nitrogens with one attached hydrogen (secondary N) is 1. The summed E-state index contributed by atoms with van der Waals surface area (Å²) in [5.74, 6) is 2.23. The number of benzene rings is 1. The van der Waals surface area contributed by atoms with Gasteiger partial charge in [0, 0.05) is 6.07 Å². The standard InChI is InChI=1S/C20H25N8O2/c1-5-27-14-8-7-13(30-4)9-15(14)28(6-2)16(27)10-26(11-29)20-18(21)23-19-17(22-20)12(3)24-25-19/h7-9,11H,5-6,10H2,1-4H3,(H3,21,23,24,25)/q+1. The Morgan fingerprint density at radius 1 is 1.33 bits per heavy atom. The Morgan fingerprint density at radius 2 is 2.13 bits per heavy atom. The number of ether oxygens (including phenoxy) is 1. The Labute approximate surface area is 173 Å². The van der Waals surface area contributed by atoms with Gasteiger partial charge in [-0.05, 0) is 32.9 Å². The highest BCUT2D eigenvalue weighted by Crippen LogP contribution is 2.25. The van der Waals surface area contributed by atoms with Crippen molar-refractivity contribution in [2.24, 2.45) is 0 Å². The highest BCUT2D eigenvalue weighted by atomic mass is 16.5. The lowest BCUT2D eigenvalue weighted by Gasteiger charge is -2.16. The molecule has 0 saturated carbocycles. The van der Waals surface area contributed by atoms with Gasteiger partial charge in [-0.25, -0.2) is 19.1 Å². The number of nitrogens with two attached hydrogens (primary N) is 1. The van der Waals surface area contributed by atoms with Crippen LogP contribution in [0.5, 0.6) is 5.75 Å². The maximum atomic E-state index is 12.1. The summed E-state index contributed by atoms with van der Waals surface area (Å²) >= 11 is 0. The third-order valence-electron chi connectivity index (χ3n) is 5.31. The summed E-state index contributed by atoms with van der Waals surface area (Å²) in [5, 5.41) is 6.91. The predicted molar refractivity (Wildman–Crippen MR) is 113 cm³/mol. The van der Waals surface area contributed by atoms with Gasteiger partial charge in [-0.2, -0.15) is 5.10 Å². The zero-order chi connectivity index (χ0) is 21.4. The minimum Gasteiger partial charge on any atom is -0.497 e. The van der Waals surface area contributed by atoms with E-state index < -0.39 is 0 Å². The third kappa shape index (κ3) is 3.00. The maximum Gasteiger partial charge on any atom is 0.277 e. The fourth-order valence-corrected chi connectivity index (χ4v) is 3.86. The van der Waals surface area contributed by atoms with Crippen molar-refractivity contribution in [3.63, 3.8) is 0 Å². The van der Waals surface area contributed by atoms with Gasteiger partial charge in [0.05, 0.1) is 25.9 Å². The lowest BCUT2D eigenvalue weighted by Crippen LogP contribution is -2.40. The summed E-state index contributed by atoms with van der Waals surface area (Å²) in [6.45, 7) is 7.75. The molecule has 0 radical (unpaired) electrons. The van der Waals surface area contributed by atoms with Crippen LogP contribution < -0.4 is 19.9 Å². The van der Waals surface area contributed by atoms with Crippen LogP contribution in [0, 0.1) is 6.92 Å². The van der Waals surface area contributed by atoms with Gasteiger partial charge < -0.3 is 10.5 Å². The number of imidazole rings is 1. The molecule has 3 aromatic heterocycles. The normalized spacial score (nSPS) is 11.3. The number of hydrogen-bond acceptors (Lipinski definition) is 6. The molecule has 0 fully saturated rings. The van der Waals surface area contributed by atoms with Gasteiger partial charge in [0.25, 0.3) is 5.82 Å². The Bertz CT molecular complexity index is 1240. The topological polar surface area (TPSA) is 119 Å². The van der Waals surface area contributed by atoms with E-state index in [9.17, 15) is 4.79 Å². The number of nitrogen functional groups attached to an aromatic ring is 1. The monoisotopic (exact) mass is 409 g/mol. The van der Waals surface area contributed by atoms with Gasteiger partial charge in [0.15, 0.2) is 28.3 Å². The molecule has 30 heavy (non-hydrogen) atoms. The summed E-state index contributed by atoms with van der Waals surface area (Å²) in [5.41, 5.74) is 10.0. The third-order valence-corrected chi connectivity index (χ3v) is 5.31. The van der Waals surface area contributed by atoms with Crippen LogP contribution in [0.15, 0.2) is 18.2 Å². The summed E-state index contributed by atoms with van der Waals surface area (Å²) in [7, 11) is 1.65. The first-order chi connectivity index (χ1) is 14.5. The van der Waals surface area contributed by atoms with Gasteiger partial charge in [0.1, 0.15) is 17.8 Å². The fourth-order valence-electron chi connectivity index (χ4n) is 3.86. The van der Waals surface area contributed by atoms with Crippen LogP contribution in [0.4, 0.5) is 11.6 Å². The van der Waals surface area contributed by atoms with E-state index >= 15 is 0 Å². The van der Waals surface area contributed by atoms with E-state index in [1.165, 1.54) is 4.90 Å². The predicted octanol–water partition coefficient (Wildman–Crippen LogP) is 1.70. The van der Waals surface area contributed by atoms with Gasteiger partial charge in [0.2, 0.25) is 6.41 Å². The molecule has 0 saturated heterocycles. The van der Waals surface area contributed by atoms with E-state index in [0.29, 0.717) is 29.2 Å². The lowest BCUT2D eigenvalue weighted by molar-refractivity contribution is -0.676. The summed E-state index contributed by atoms with van der Waals surface area (Å²) in [4.78, 5) is 22.5. The first-order valence-electron chi connectivity index (χ1n) is 9.81. The van der Waals surface area contributed by atoms with E-state index in [1.54, 1.807) is 7.11 Å². The van der Waals surface area contributed by atoms with Crippen molar-refractivity contribution in [2.75, 3.05) is 17.7 Å². The number of carbonyl (C=O) groups is 1. The molecular weight excluding hydrogens is 384 g/mol. The summed E-state index contributed by atoms with van der Waals surface area (Å²) < 4.78 is 9.75. The molecule has 3 N–H and O–H groups in total. The van der Waals surface area contributed by atoms with Gasteiger partial charge in [-0.15, -0.1) is 0 Å². The van der Waals surface area contributed by atoms with Crippen LogP contribution >= 0.6 is 0 Å². The highest BCUT2D eigenvalue weighted by Gasteiger charge is 2.27. The van der Waals surface area contributed by atoms with Crippen molar-refractivity contribution < 1.29 is 14.1 Å². The molecule has 1 amide bonds. The van der Waals surface area contributed by atoms with Crippen LogP contribution in [-0.2, 0) is 24.4 Å². The van der Waals surface area contributed by atoms with Crippen molar-refractivity contribution in [1.29, 1.82) is 0 Å². The van der Waals surface area contributed by atoms with Crippen molar-refractivity contribution in [2.45, 2.75) is 40.4 Å². The van der Waals surface area contributed by atoms with E-state index in [1.807, 2.05) is 25.1 Å². The van der Waals surface area contributed by atoms with E-state index in [0.717, 1.165) is 42.1 Å². The molecule has 156 valence electrons. The molecule has 0 spiro atoms. The number of aromatic nitrogens is 6. The van der Waals surface area contributed by atoms with Gasteiger partial charge in [-0.3, -0.25) is 14.8 Å². The average molecular weight is 409 g/mol. The number of hydrogen-bond donors (Lipinski definition) is 2. The van der Waals surface area contributed by atoms with E-state index in [-0.39, 0.29) is 5.82 Å². The number of methoxy groups -OCH3 is 1. The largest absolute Gasteiger partial charge is 0.497 e. The molecule has 4 rings (SSSR count). The molecule has 0 aliphatic carbocycles. The first kappa shape index (κ1) is 19.6. The van der Waals surface area contributed by atoms with Crippen LogP contribution in [0.2, 0.25) is 0 Å². The smallest absolute Gasteiger partial charge is 0.277 e. The average Bonchev–Trinajstić information content (AvgIpc) is 3.26. The second-order valence-corrected chi connectivity index (χ2v) is 6.93. The van der Waals surface area contributed by atoms with E-state index in [4.69, 9.17) is 10.5 Å². The lowest BCUT2D eigenvalue weighted by atomic mass is 10.3. The van der Waals surface area contributed by atoms with E-state index in [2.05, 4.69) is 43.1 Å². The number of nitrogens with zero attached hydrogens (tertiary/aromatic N) is 6. The Hall–Kier alpha value is -3.69. The van der Waals surface area contributed by atoms with Crippen LogP contribution in [0.1, 0.15) is 25.4 Å². The molecule has 4 aromatic rings. The molecule has 3 heterocycles. The Balaban J connectivity index is 1.85. The second kappa shape index (κ2) is 7.62. The summed E-state index contributed by atoms with van der Waals surface area (Å²) in [6, 6.07) is 5.98. The molecule has 0 bridgehead atoms. The number of fused-ring (bicyclic) bond motifs is 2. The quantitative estimate of drug-likeness (QED) is 0.354. The number of aromatic amines is 1. The summed E-state index contributed by atoms with van der Waals surface area (Å²) in [6.07, 6.45) is 0.736. The van der Waals surface area contributed by atoms with Crippen LogP contribution in [0.3, 0.4) is 0 Å². The van der Waals surface area contributed by atoms with Crippen molar-refractivity contribution in [3.05, 3.63) is 29.7 Å². The molecule has 1 aromatic carbocycles. The van der Waals surface area contributed by atoms with Gasteiger partial charge in [-0.1, -0.05) is 0 Å². The minimum atomic E-state index is 0.169. The number of anilines is 2. The van der Waals surface area contributed by atoms with Gasteiger partial charge >= 0.3 is 0 Å². The number of H-pyrrole nitrogens is 1. The zero-order valence-electron chi connectivity index (χ0n) is 17.5. The fraction of sp³-hybridized carbons (Fsp3) is 0.350. The van der Waals surface area contributed by atoms with Crippen LogP contribution in [-0.4, -0.2) is 38.3 Å². The Kier molecular flexibility index (Phi) is 4.98. The molecule has 10 heteroatoms. The Morgan fingerprint density at radius 3 is 2.80 bits per heavy atom. The molecule has 0 atom stereocenters.